The minimum absolute atomic E-state index is 0.103. The first-order valence-electron chi connectivity index (χ1n) is 7.01. The van der Waals surface area contributed by atoms with Gasteiger partial charge in [0.1, 0.15) is 11.7 Å². The molecule has 1 amide bonds. The lowest BCUT2D eigenvalue weighted by Crippen LogP contribution is -2.41. The highest BCUT2D eigenvalue weighted by Crippen LogP contribution is 2.18. The topological polar surface area (TPSA) is 80.4 Å². The second-order valence-corrected chi connectivity index (χ2v) is 5.02. The van der Waals surface area contributed by atoms with Crippen molar-refractivity contribution in [1.82, 2.24) is 10.3 Å². The molecule has 6 nitrogen and oxygen atoms in total. The van der Waals surface area contributed by atoms with Crippen molar-refractivity contribution in [3.63, 3.8) is 0 Å². The summed E-state index contributed by atoms with van der Waals surface area (Å²) in [6, 6.07) is 12.5. The Morgan fingerprint density at radius 3 is 2.82 bits per heavy atom. The molecule has 0 radical (unpaired) electrons. The van der Waals surface area contributed by atoms with Gasteiger partial charge in [0.15, 0.2) is 0 Å². The predicted octanol–water partition coefficient (Wildman–Crippen LogP) is 1.60. The van der Waals surface area contributed by atoms with E-state index in [1.165, 1.54) is 0 Å². The van der Waals surface area contributed by atoms with E-state index in [9.17, 15) is 9.59 Å². The molecule has 2 heterocycles. The number of aromatic amines is 1. The van der Waals surface area contributed by atoms with Crippen LogP contribution in [-0.4, -0.2) is 29.2 Å². The van der Waals surface area contributed by atoms with Gasteiger partial charge < -0.3 is 19.8 Å². The number of rotatable bonds is 5. The van der Waals surface area contributed by atoms with Crippen LogP contribution < -0.4 is 5.32 Å². The first-order chi connectivity index (χ1) is 10.7. The van der Waals surface area contributed by atoms with Crippen molar-refractivity contribution in [3.8, 4) is 0 Å². The van der Waals surface area contributed by atoms with Crippen LogP contribution in [0, 0.1) is 0 Å². The number of aromatic nitrogens is 1. The summed E-state index contributed by atoms with van der Waals surface area (Å²) < 4.78 is 10.8. The van der Waals surface area contributed by atoms with Gasteiger partial charge in [-0.25, -0.2) is 0 Å². The van der Waals surface area contributed by atoms with E-state index < -0.39 is 12.3 Å². The quantitative estimate of drug-likeness (QED) is 0.822. The fraction of sp³-hybridized carbons (Fsp3) is 0.250. The van der Waals surface area contributed by atoms with Crippen LogP contribution in [0.25, 0.3) is 0 Å². The first-order valence-corrected chi connectivity index (χ1v) is 7.01. The molecule has 114 valence electrons. The second kappa shape index (κ2) is 6.44. The van der Waals surface area contributed by atoms with Gasteiger partial charge in [-0.3, -0.25) is 9.59 Å². The normalized spacial score (nSPS) is 20.6. The average Bonchev–Trinajstić information content (AvgIpc) is 3.16. The van der Waals surface area contributed by atoms with E-state index in [0.717, 1.165) is 5.56 Å². The lowest BCUT2D eigenvalue weighted by Gasteiger charge is -2.19. The molecule has 1 aliphatic rings. The van der Waals surface area contributed by atoms with Crippen LogP contribution in [0.5, 0.6) is 0 Å². The number of nitrogens with one attached hydrogen (secondary N) is 2. The van der Waals surface area contributed by atoms with Crippen molar-refractivity contribution < 1.29 is 19.1 Å². The Labute approximate surface area is 127 Å². The molecule has 1 saturated heterocycles. The van der Waals surface area contributed by atoms with Gasteiger partial charge in [-0.1, -0.05) is 30.3 Å². The Hall–Kier alpha value is -2.60. The summed E-state index contributed by atoms with van der Waals surface area (Å²) in [4.78, 5) is 26.3. The maximum Gasteiger partial charge on any atom is 0.310 e. The Morgan fingerprint density at radius 2 is 2.09 bits per heavy atom. The van der Waals surface area contributed by atoms with E-state index >= 15 is 0 Å². The zero-order valence-electron chi connectivity index (χ0n) is 11.8. The van der Waals surface area contributed by atoms with Crippen LogP contribution in [0.2, 0.25) is 0 Å². The molecule has 0 aliphatic carbocycles. The number of amides is 1. The summed E-state index contributed by atoms with van der Waals surface area (Å²) >= 11 is 0. The van der Waals surface area contributed by atoms with E-state index in [2.05, 4.69) is 10.3 Å². The average molecular weight is 300 g/mol. The Balaban J connectivity index is 1.60. The SMILES string of the molecule is O=C1CC(NC(=O)c2ccc[nH]2)C(OCc2ccccc2)O1. The van der Waals surface area contributed by atoms with Crippen LogP contribution >= 0.6 is 0 Å². The molecule has 2 N–H and O–H groups in total. The molecule has 2 aromatic rings. The first kappa shape index (κ1) is 14.3. The third-order valence-corrected chi connectivity index (χ3v) is 3.38. The van der Waals surface area contributed by atoms with Gasteiger partial charge in [0.05, 0.1) is 13.0 Å². The molecule has 1 aromatic carbocycles. The predicted molar refractivity (Wildman–Crippen MR) is 77.8 cm³/mol. The summed E-state index contributed by atoms with van der Waals surface area (Å²) in [7, 11) is 0. The minimum atomic E-state index is -0.772. The highest BCUT2D eigenvalue weighted by molar-refractivity contribution is 5.93. The molecule has 0 bridgehead atoms. The number of esters is 1. The Morgan fingerprint density at radius 1 is 1.27 bits per heavy atom. The zero-order chi connectivity index (χ0) is 15.4. The summed E-state index contributed by atoms with van der Waals surface area (Å²) in [5.74, 6) is -0.670. The molecule has 2 unspecified atom stereocenters. The van der Waals surface area contributed by atoms with Crippen molar-refractivity contribution in [3.05, 3.63) is 59.9 Å². The molecule has 1 aliphatic heterocycles. The smallest absolute Gasteiger partial charge is 0.310 e. The number of carbonyl (C=O) groups is 2. The van der Waals surface area contributed by atoms with Crippen LogP contribution in [0.3, 0.4) is 0 Å². The summed E-state index contributed by atoms with van der Waals surface area (Å²) in [5.41, 5.74) is 1.40. The third kappa shape index (κ3) is 3.35. The van der Waals surface area contributed by atoms with Gasteiger partial charge >= 0.3 is 5.97 Å². The van der Waals surface area contributed by atoms with Gasteiger partial charge in [-0.15, -0.1) is 0 Å². The maximum atomic E-state index is 12.0. The molecule has 0 spiro atoms. The second-order valence-electron chi connectivity index (χ2n) is 5.02. The molecule has 1 aromatic heterocycles. The fourth-order valence-electron chi connectivity index (χ4n) is 2.28. The molecular formula is C16H16N2O4. The van der Waals surface area contributed by atoms with E-state index in [1.54, 1.807) is 18.3 Å². The fourth-order valence-corrected chi connectivity index (χ4v) is 2.28. The zero-order valence-corrected chi connectivity index (χ0v) is 11.8. The number of H-pyrrole nitrogens is 1. The summed E-state index contributed by atoms with van der Waals surface area (Å²) in [5, 5.41) is 2.76. The molecule has 3 rings (SSSR count). The summed E-state index contributed by atoms with van der Waals surface area (Å²) in [6.07, 6.45) is 0.993. The van der Waals surface area contributed by atoms with Gasteiger partial charge in [0, 0.05) is 6.20 Å². The van der Waals surface area contributed by atoms with Crippen molar-refractivity contribution in [1.29, 1.82) is 0 Å². The van der Waals surface area contributed by atoms with Crippen LogP contribution in [0.15, 0.2) is 48.7 Å². The number of hydrogen-bond acceptors (Lipinski definition) is 4. The van der Waals surface area contributed by atoms with E-state index in [4.69, 9.17) is 9.47 Å². The van der Waals surface area contributed by atoms with Crippen LogP contribution in [-0.2, 0) is 20.9 Å². The number of ether oxygens (including phenoxy) is 2. The van der Waals surface area contributed by atoms with Gasteiger partial charge in [-0.05, 0) is 17.7 Å². The number of carbonyl (C=O) groups excluding carboxylic acids is 2. The van der Waals surface area contributed by atoms with Gasteiger partial charge in [0.25, 0.3) is 5.91 Å². The maximum absolute atomic E-state index is 12.0. The van der Waals surface area contributed by atoms with Crippen molar-refractivity contribution in [2.75, 3.05) is 0 Å². The Kier molecular flexibility index (Phi) is 4.20. The number of hydrogen-bond donors (Lipinski definition) is 2. The van der Waals surface area contributed by atoms with Crippen LogP contribution in [0.1, 0.15) is 22.5 Å². The van der Waals surface area contributed by atoms with Crippen molar-refractivity contribution in [2.45, 2.75) is 25.4 Å². The van der Waals surface area contributed by atoms with Crippen molar-refractivity contribution in [2.24, 2.45) is 0 Å². The van der Waals surface area contributed by atoms with Crippen LogP contribution in [0.4, 0.5) is 0 Å². The highest BCUT2D eigenvalue weighted by Gasteiger charge is 2.37. The van der Waals surface area contributed by atoms with Gasteiger partial charge in [0.2, 0.25) is 6.29 Å². The Bertz CT molecular complexity index is 639. The number of benzene rings is 1. The minimum Gasteiger partial charge on any atom is -0.433 e. The van der Waals surface area contributed by atoms with E-state index in [0.29, 0.717) is 12.3 Å². The molecular weight excluding hydrogens is 284 g/mol. The lowest BCUT2D eigenvalue weighted by molar-refractivity contribution is -0.166. The molecule has 2 atom stereocenters. The third-order valence-electron chi connectivity index (χ3n) is 3.38. The highest BCUT2D eigenvalue weighted by atomic mass is 16.7. The van der Waals surface area contributed by atoms with E-state index in [1.807, 2.05) is 30.3 Å². The van der Waals surface area contributed by atoms with Gasteiger partial charge in [-0.2, -0.15) is 0 Å². The molecule has 1 fully saturated rings. The largest absolute Gasteiger partial charge is 0.433 e. The number of cyclic esters (lactones) is 1. The molecule has 0 saturated carbocycles. The lowest BCUT2D eigenvalue weighted by atomic mass is 10.2. The molecule has 22 heavy (non-hydrogen) atoms. The van der Waals surface area contributed by atoms with Crippen molar-refractivity contribution >= 4 is 11.9 Å². The molecule has 6 heteroatoms. The van der Waals surface area contributed by atoms with E-state index in [-0.39, 0.29) is 18.3 Å². The standard InChI is InChI=1S/C16H16N2O4/c19-14-9-13(18-15(20)12-7-4-8-17-12)16(22-14)21-10-11-5-2-1-3-6-11/h1-8,13,16-17H,9-10H2,(H,18,20). The monoisotopic (exact) mass is 300 g/mol. The summed E-state index contributed by atoms with van der Waals surface area (Å²) in [6.45, 7) is 0.313.